The van der Waals surface area contributed by atoms with Crippen LogP contribution in [0.5, 0.6) is 5.88 Å². The number of hydrogen-bond acceptors (Lipinski definition) is 6. The van der Waals surface area contributed by atoms with Crippen molar-refractivity contribution in [2.45, 2.75) is 46.3 Å². The number of methoxy groups -OCH3 is 1. The molecule has 3 N–H and O–H groups in total. The van der Waals surface area contributed by atoms with Crippen LogP contribution in [0, 0.1) is 6.92 Å². The van der Waals surface area contributed by atoms with E-state index in [1.807, 2.05) is 32.0 Å². The van der Waals surface area contributed by atoms with E-state index in [9.17, 15) is 14.7 Å². The van der Waals surface area contributed by atoms with Crippen LogP contribution in [-0.2, 0) is 4.74 Å². The summed E-state index contributed by atoms with van der Waals surface area (Å²) in [4.78, 5) is 36.2. The van der Waals surface area contributed by atoms with Crippen LogP contribution in [0.25, 0.3) is 28.1 Å². The van der Waals surface area contributed by atoms with Crippen LogP contribution < -0.4 is 10.1 Å². The number of fused-ring (bicyclic) bond motifs is 2. The van der Waals surface area contributed by atoms with Crippen LogP contribution in [0.4, 0.5) is 4.79 Å². The monoisotopic (exact) mass is 465 g/mol. The number of pyridine rings is 2. The van der Waals surface area contributed by atoms with E-state index >= 15 is 0 Å². The number of aryl methyl sites for hydroxylation is 1. The molecule has 1 amide bonds. The summed E-state index contributed by atoms with van der Waals surface area (Å²) in [5.74, 6) is -0.677. The molecular weight excluding hydrogens is 438 g/mol. The third kappa shape index (κ3) is 4.39. The lowest BCUT2D eigenvalue weighted by Crippen LogP contribution is -2.34. The molecule has 4 aromatic heterocycles. The Morgan fingerprint density at radius 1 is 1.18 bits per heavy atom. The molecule has 4 rings (SSSR count). The van der Waals surface area contributed by atoms with E-state index in [-0.39, 0.29) is 11.6 Å². The van der Waals surface area contributed by atoms with Gasteiger partial charge in [-0.25, -0.2) is 19.6 Å². The van der Waals surface area contributed by atoms with E-state index in [4.69, 9.17) is 9.47 Å². The van der Waals surface area contributed by atoms with Crippen molar-refractivity contribution in [1.82, 2.24) is 24.7 Å². The predicted octanol–water partition coefficient (Wildman–Crippen LogP) is 4.48. The molecule has 4 aromatic rings. The van der Waals surface area contributed by atoms with E-state index in [1.54, 1.807) is 25.2 Å². The zero-order valence-electron chi connectivity index (χ0n) is 19.9. The number of imidazole rings is 1. The summed E-state index contributed by atoms with van der Waals surface area (Å²) in [5.41, 5.74) is 3.45. The van der Waals surface area contributed by atoms with Gasteiger partial charge in [-0.2, -0.15) is 0 Å². The van der Waals surface area contributed by atoms with Gasteiger partial charge in [0.05, 0.1) is 35.8 Å². The van der Waals surface area contributed by atoms with Crippen molar-refractivity contribution in [3.63, 3.8) is 0 Å². The highest BCUT2D eigenvalue weighted by Crippen LogP contribution is 2.30. The van der Waals surface area contributed by atoms with E-state index in [1.165, 1.54) is 19.2 Å². The van der Waals surface area contributed by atoms with Crippen molar-refractivity contribution >= 4 is 28.7 Å². The highest BCUT2D eigenvalue weighted by atomic mass is 16.6. The van der Waals surface area contributed by atoms with Gasteiger partial charge in [-0.05, 0) is 58.9 Å². The highest BCUT2D eigenvalue weighted by molar-refractivity contribution is 5.90. The van der Waals surface area contributed by atoms with E-state index in [0.717, 1.165) is 16.8 Å². The molecule has 1 unspecified atom stereocenters. The van der Waals surface area contributed by atoms with Crippen molar-refractivity contribution in [3.05, 3.63) is 47.3 Å². The molecule has 0 fully saturated rings. The normalized spacial score (nSPS) is 12.6. The van der Waals surface area contributed by atoms with Crippen LogP contribution in [-0.4, -0.2) is 49.2 Å². The lowest BCUT2D eigenvalue weighted by Gasteiger charge is -2.21. The van der Waals surface area contributed by atoms with E-state index in [2.05, 4.69) is 20.3 Å². The first kappa shape index (κ1) is 23.1. The Kier molecular flexibility index (Phi) is 5.68. The van der Waals surface area contributed by atoms with Gasteiger partial charge in [-0.15, -0.1) is 0 Å². The molecule has 0 aromatic carbocycles. The number of H-pyrrole nitrogens is 1. The predicted molar refractivity (Wildman–Crippen MR) is 126 cm³/mol. The standard InChI is InChI=1S/C24H27N5O5/c1-12(25-23(32)34-24(3,4)5)16-8-7-14-9-17(27-21(14)26-16)20-13(2)29-18(28-20)10-15(22(30)31)11-19(29)33-6/h7-12H,1-6H3,(H,25,32)(H,26,27)(H,30,31). The highest BCUT2D eigenvalue weighted by Gasteiger charge is 2.21. The Balaban J connectivity index is 1.69. The second kappa shape index (κ2) is 8.36. The molecule has 0 spiro atoms. The maximum atomic E-state index is 12.1. The van der Waals surface area contributed by atoms with Gasteiger partial charge in [-0.3, -0.25) is 4.40 Å². The molecule has 0 radical (unpaired) electrons. The number of carboxylic acid groups (broad SMARTS) is 1. The van der Waals surface area contributed by atoms with Crippen LogP contribution in [0.15, 0.2) is 30.3 Å². The van der Waals surface area contributed by atoms with Gasteiger partial charge in [0.25, 0.3) is 0 Å². The second-order valence-electron chi connectivity index (χ2n) is 9.06. The number of hydrogen-bond donors (Lipinski definition) is 3. The van der Waals surface area contributed by atoms with E-state index in [0.29, 0.717) is 28.6 Å². The smallest absolute Gasteiger partial charge is 0.408 e. The lowest BCUT2D eigenvalue weighted by atomic mass is 10.2. The number of ether oxygens (including phenoxy) is 2. The molecule has 10 heteroatoms. The number of alkyl carbamates (subject to hydrolysis) is 1. The Morgan fingerprint density at radius 3 is 2.56 bits per heavy atom. The number of rotatable bonds is 5. The minimum absolute atomic E-state index is 0.0929. The van der Waals surface area contributed by atoms with Crippen molar-refractivity contribution in [2.24, 2.45) is 0 Å². The summed E-state index contributed by atoms with van der Waals surface area (Å²) in [6, 6.07) is 8.30. The fourth-order valence-electron chi connectivity index (χ4n) is 3.75. The van der Waals surface area contributed by atoms with Crippen LogP contribution in [0.2, 0.25) is 0 Å². The second-order valence-corrected chi connectivity index (χ2v) is 9.06. The molecule has 0 saturated heterocycles. The van der Waals surface area contributed by atoms with E-state index < -0.39 is 17.7 Å². The van der Waals surface area contributed by atoms with Crippen LogP contribution in [0.1, 0.15) is 55.5 Å². The summed E-state index contributed by atoms with van der Waals surface area (Å²) in [6.07, 6.45) is -0.510. The van der Waals surface area contributed by atoms with Crippen molar-refractivity contribution in [3.8, 4) is 17.3 Å². The average molecular weight is 466 g/mol. The summed E-state index contributed by atoms with van der Waals surface area (Å²) in [5, 5.41) is 13.1. The van der Waals surface area contributed by atoms with Gasteiger partial charge in [0.15, 0.2) is 5.88 Å². The van der Waals surface area contributed by atoms with Crippen molar-refractivity contribution in [1.29, 1.82) is 0 Å². The quantitative estimate of drug-likeness (QED) is 0.396. The third-order valence-corrected chi connectivity index (χ3v) is 5.31. The van der Waals surface area contributed by atoms with Crippen LogP contribution in [0.3, 0.4) is 0 Å². The number of carbonyl (C=O) groups excluding carboxylic acids is 1. The first-order valence-electron chi connectivity index (χ1n) is 10.8. The summed E-state index contributed by atoms with van der Waals surface area (Å²) in [7, 11) is 1.49. The number of aromatic carboxylic acids is 1. The van der Waals surface area contributed by atoms with Crippen LogP contribution >= 0.6 is 0 Å². The number of aromatic amines is 1. The summed E-state index contributed by atoms with van der Waals surface area (Å²) >= 11 is 0. The van der Waals surface area contributed by atoms with Crippen molar-refractivity contribution < 1.29 is 24.2 Å². The third-order valence-electron chi connectivity index (χ3n) is 5.31. The maximum absolute atomic E-state index is 12.1. The molecule has 34 heavy (non-hydrogen) atoms. The minimum Gasteiger partial charge on any atom is -0.482 e. The van der Waals surface area contributed by atoms with Gasteiger partial charge in [0.2, 0.25) is 0 Å². The van der Waals surface area contributed by atoms with Gasteiger partial charge >= 0.3 is 12.1 Å². The SMILES string of the molecule is COc1cc(C(=O)O)cc2nc(-c3cc4ccc(C(C)NC(=O)OC(C)(C)C)nc4[nH]3)c(C)n12. The number of amides is 1. The Hall–Kier alpha value is -4.08. The van der Waals surface area contributed by atoms with Crippen molar-refractivity contribution in [2.75, 3.05) is 7.11 Å². The molecule has 178 valence electrons. The van der Waals surface area contributed by atoms with Gasteiger partial charge in [0.1, 0.15) is 22.6 Å². The fourth-order valence-corrected chi connectivity index (χ4v) is 3.75. The van der Waals surface area contributed by atoms with Gasteiger partial charge in [-0.1, -0.05) is 0 Å². The molecule has 10 nitrogen and oxygen atoms in total. The first-order chi connectivity index (χ1) is 16.0. The fraction of sp³-hybridized carbons (Fsp3) is 0.333. The molecule has 0 saturated carbocycles. The number of nitrogens with zero attached hydrogens (tertiary/aromatic N) is 3. The maximum Gasteiger partial charge on any atom is 0.408 e. The summed E-state index contributed by atoms with van der Waals surface area (Å²) in [6.45, 7) is 9.14. The molecule has 1 atom stereocenters. The topological polar surface area (TPSA) is 131 Å². The minimum atomic E-state index is -1.06. The molecule has 4 heterocycles. The van der Waals surface area contributed by atoms with Gasteiger partial charge in [0, 0.05) is 11.5 Å². The molecule has 0 bridgehead atoms. The number of aromatic nitrogens is 4. The average Bonchev–Trinajstić information content (AvgIpc) is 3.31. The Bertz CT molecular complexity index is 1410. The molecule has 0 aliphatic heterocycles. The van der Waals surface area contributed by atoms with Gasteiger partial charge < -0.3 is 24.9 Å². The number of carboxylic acids is 1. The number of nitrogens with one attached hydrogen (secondary N) is 2. The number of carbonyl (C=O) groups is 2. The summed E-state index contributed by atoms with van der Waals surface area (Å²) < 4.78 is 12.5. The molecule has 0 aliphatic carbocycles. The zero-order chi connectivity index (χ0) is 24.8. The lowest BCUT2D eigenvalue weighted by molar-refractivity contribution is 0.0506. The Labute approximate surface area is 195 Å². The molecule has 0 aliphatic rings. The first-order valence-corrected chi connectivity index (χ1v) is 10.8. The largest absolute Gasteiger partial charge is 0.482 e. The Morgan fingerprint density at radius 2 is 1.91 bits per heavy atom. The molecular formula is C24H27N5O5. The zero-order valence-corrected chi connectivity index (χ0v) is 19.9.